The molecular formula is C11H11ClN4O. The van der Waals surface area contributed by atoms with Crippen molar-refractivity contribution in [1.82, 2.24) is 15.4 Å². The molecule has 1 aromatic carbocycles. The predicted octanol–water partition coefficient (Wildman–Crippen LogP) is 2.33. The first kappa shape index (κ1) is 11.6. The van der Waals surface area contributed by atoms with E-state index in [0.717, 1.165) is 5.56 Å². The third kappa shape index (κ3) is 2.45. The molecular weight excluding hydrogens is 240 g/mol. The third-order valence-electron chi connectivity index (χ3n) is 2.37. The number of amides is 1. The zero-order valence-corrected chi connectivity index (χ0v) is 10.2. The number of nitrogens with one attached hydrogen (secondary N) is 2. The van der Waals surface area contributed by atoms with E-state index in [-0.39, 0.29) is 11.6 Å². The highest BCUT2D eigenvalue weighted by Crippen LogP contribution is 2.20. The summed E-state index contributed by atoms with van der Waals surface area (Å²) < 4.78 is 0. The van der Waals surface area contributed by atoms with Crippen LogP contribution in [0.1, 0.15) is 21.7 Å². The Bertz CT molecular complexity index is 564. The number of benzene rings is 1. The number of carbonyl (C=O) groups is 1. The second kappa shape index (κ2) is 4.55. The summed E-state index contributed by atoms with van der Waals surface area (Å²) in [6.07, 6.45) is 0. The molecule has 2 rings (SSSR count). The van der Waals surface area contributed by atoms with Gasteiger partial charge in [-0.25, -0.2) is 0 Å². The minimum atomic E-state index is -0.309. The fourth-order valence-electron chi connectivity index (χ4n) is 1.36. The second-order valence-corrected chi connectivity index (χ2v) is 4.08. The van der Waals surface area contributed by atoms with Gasteiger partial charge in [-0.1, -0.05) is 17.7 Å². The van der Waals surface area contributed by atoms with E-state index in [0.29, 0.717) is 16.4 Å². The van der Waals surface area contributed by atoms with Gasteiger partial charge in [0.25, 0.3) is 5.91 Å². The van der Waals surface area contributed by atoms with E-state index in [1.807, 2.05) is 13.0 Å². The van der Waals surface area contributed by atoms with Crippen molar-refractivity contribution in [2.45, 2.75) is 13.8 Å². The summed E-state index contributed by atoms with van der Waals surface area (Å²) in [6.45, 7) is 3.61. The van der Waals surface area contributed by atoms with Gasteiger partial charge in [-0.3, -0.25) is 4.79 Å². The topological polar surface area (TPSA) is 70.7 Å². The van der Waals surface area contributed by atoms with Crippen molar-refractivity contribution >= 4 is 23.2 Å². The summed E-state index contributed by atoms with van der Waals surface area (Å²) in [5.74, 6) is -0.309. The molecule has 17 heavy (non-hydrogen) atoms. The maximum atomic E-state index is 11.8. The summed E-state index contributed by atoms with van der Waals surface area (Å²) in [5, 5.41) is 13.3. The molecule has 0 aliphatic rings. The number of halogens is 1. The molecule has 5 nitrogen and oxygen atoms in total. The minimum Gasteiger partial charge on any atom is -0.320 e. The molecule has 1 heterocycles. The Kier molecular flexibility index (Phi) is 3.10. The van der Waals surface area contributed by atoms with Gasteiger partial charge in [-0.05, 0) is 31.5 Å². The number of aromatic nitrogens is 3. The molecule has 0 unspecified atom stereocenters. The van der Waals surface area contributed by atoms with E-state index in [9.17, 15) is 4.79 Å². The Morgan fingerprint density at radius 2 is 2.12 bits per heavy atom. The number of carbonyl (C=O) groups excluding carboxylic acids is 1. The van der Waals surface area contributed by atoms with E-state index in [1.54, 1.807) is 19.1 Å². The molecule has 2 aromatic rings. The SMILES string of the molecule is Cc1ccc(NC(=O)c2n[nH]nc2C)cc1Cl. The largest absolute Gasteiger partial charge is 0.320 e. The Balaban J connectivity index is 2.19. The Hall–Kier alpha value is -1.88. The number of anilines is 1. The van der Waals surface area contributed by atoms with Crippen molar-refractivity contribution < 1.29 is 4.79 Å². The molecule has 2 N–H and O–H groups in total. The molecule has 0 atom stereocenters. The fourth-order valence-corrected chi connectivity index (χ4v) is 1.54. The highest BCUT2D eigenvalue weighted by atomic mass is 35.5. The van der Waals surface area contributed by atoms with E-state index < -0.39 is 0 Å². The van der Waals surface area contributed by atoms with Crippen LogP contribution in [0.15, 0.2) is 18.2 Å². The van der Waals surface area contributed by atoms with Gasteiger partial charge in [0.2, 0.25) is 0 Å². The van der Waals surface area contributed by atoms with Crippen LogP contribution in [0.5, 0.6) is 0 Å². The Morgan fingerprint density at radius 3 is 2.71 bits per heavy atom. The van der Waals surface area contributed by atoms with Gasteiger partial charge < -0.3 is 5.32 Å². The van der Waals surface area contributed by atoms with E-state index in [4.69, 9.17) is 11.6 Å². The molecule has 0 spiro atoms. The molecule has 0 saturated carbocycles. The van der Waals surface area contributed by atoms with Crippen LogP contribution in [-0.4, -0.2) is 21.3 Å². The highest BCUT2D eigenvalue weighted by Gasteiger charge is 2.13. The van der Waals surface area contributed by atoms with Crippen molar-refractivity contribution in [1.29, 1.82) is 0 Å². The minimum absolute atomic E-state index is 0.279. The number of aromatic amines is 1. The van der Waals surface area contributed by atoms with Gasteiger partial charge in [0, 0.05) is 10.7 Å². The van der Waals surface area contributed by atoms with Crippen molar-refractivity contribution in [2.75, 3.05) is 5.32 Å². The lowest BCUT2D eigenvalue weighted by Crippen LogP contribution is -2.13. The maximum absolute atomic E-state index is 11.8. The summed E-state index contributed by atoms with van der Waals surface area (Å²) >= 11 is 5.97. The van der Waals surface area contributed by atoms with Crippen LogP contribution in [0.3, 0.4) is 0 Å². The molecule has 0 radical (unpaired) electrons. The first-order valence-corrected chi connectivity index (χ1v) is 5.40. The lowest BCUT2D eigenvalue weighted by Gasteiger charge is -2.05. The van der Waals surface area contributed by atoms with Crippen LogP contribution in [0, 0.1) is 13.8 Å². The zero-order valence-electron chi connectivity index (χ0n) is 9.41. The number of aryl methyl sites for hydroxylation is 2. The number of hydrogen-bond donors (Lipinski definition) is 2. The normalized spacial score (nSPS) is 10.3. The van der Waals surface area contributed by atoms with Crippen LogP contribution >= 0.6 is 11.6 Å². The number of H-pyrrole nitrogens is 1. The lowest BCUT2D eigenvalue weighted by atomic mass is 10.2. The van der Waals surface area contributed by atoms with Gasteiger partial charge in [-0.15, -0.1) is 0 Å². The van der Waals surface area contributed by atoms with Crippen LogP contribution < -0.4 is 5.32 Å². The molecule has 0 fully saturated rings. The van der Waals surface area contributed by atoms with E-state index in [2.05, 4.69) is 20.7 Å². The van der Waals surface area contributed by atoms with Crippen molar-refractivity contribution in [2.24, 2.45) is 0 Å². The van der Waals surface area contributed by atoms with Crippen molar-refractivity contribution in [3.8, 4) is 0 Å². The summed E-state index contributed by atoms with van der Waals surface area (Å²) in [5.41, 5.74) is 2.43. The van der Waals surface area contributed by atoms with Gasteiger partial charge in [0.05, 0.1) is 5.69 Å². The Morgan fingerprint density at radius 1 is 1.35 bits per heavy atom. The van der Waals surface area contributed by atoms with E-state index in [1.165, 1.54) is 0 Å². The van der Waals surface area contributed by atoms with Crippen LogP contribution in [-0.2, 0) is 0 Å². The monoisotopic (exact) mass is 250 g/mol. The predicted molar refractivity (Wildman–Crippen MR) is 65.3 cm³/mol. The average Bonchev–Trinajstić information content (AvgIpc) is 2.70. The molecule has 6 heteroatoms. The highest BCUT2D eigenvalue weighted by molar-refractivity contribution is 6.31. The van der Waals surface area contributed by atoms with Crippen molar-refractivity contribution in [3.63, 3.8) is 0 Å². The fraction of sp³-hybridized carbons (Fsp3) is 0.182. The zero-order chi connectivity index (χ0) is 12.4. The van der Waals surface area contributed by atoms with Crippen molar-refractivity contribution in [3.05, 3.63) is 40.2 Å². The first-order chi connectivity index (χ1) is 8.08. The van der Waals surface area contributed by atoms with Crippen LogP contribution in [0.25, 0.3) is 0 Å². The third-order valence-corrected chi connectivity index (χ3v) is 2.77. The van der Waals surface area contributed by atoms with Gasteiger partial charge >= 0.3 is 0 Å². The smallest absolute Gasteiger partial charge is 0.278 e. The molecule has 1 amide bonds. The molecule has 0 saturated heterocycles. The van der Waals surface area contributed by atoms with Gasteiger partial charge in [0.1, 0.15) is 0 Å². The maximum Gasteiger partial charge on any atom is 0.278 e. The molecule has 0 bridgehead atoms. The van der Waals surface area contributed by atoms with E-state index >= 15 is 0 Å². The average molecular weight is 251 g/mol. The summed E-state index contributed by atoms with van der Waals surface area (Å²) in [7, 11) is 0. The quantitative estimate of drug-likeness (QED) is 0.859. The molecule has 0 aliphatic carbocycles. The molecule has 0 aliphatic heterocycles. The van der Waals surface area contributed by atoms with Gasteiger partial charge in [0.15, 0.2) is 5.69 Å². The summed E-state index contributed by atoms with van der Waals surface area (Å²) in [4.78, 5) is 11.8. The number of hydrogen-bond acceptors (Lipinski definition) is 3. The summed E-state index contributed by atoms with van der Waals surface area (Å²) in [6, 6.07) is 5.33. The Labute approximate surface area is 103 Å². The second-order valence-electron chi connectivity index (χ2n) is 3.68. The van der Waals surface area contributed by atoms with Crippen LogP contribution in [0.4, 0.5) is 5.69 Å². The molecule has 88 valence electrons. The number of nitrogens with zero attached hydrogens (tertiary/aromatic N) is 2. The van der Waals surface area contributed by atoms with Crippen LogP contribution in [0.2, 0.25) is 5.02 Å². The van der Waals surface area contributed by atoms with Gasteiger partial charge in [-0.2, -0.15) is 15.4 Å². The standard InChI is InChI=1S/C11H11ClN4O/c1-6-3-4-8(5-9(6)12)13-11(17)10-7(2)14-16-15-10/h3-5H,1-2H3,(H,13,17)(H,14,15,16). The molecule has 1 aromatic heterocycles. The first-order valence-electron chi connectivity index (χ1n) is 5.03. The number of rotatable bonds is 2. The lowest BCUT2D eigenvalue weighted by molar-refractivity contribution is 0.102.